The van der Waals surface area contributed by atoms with Crippen LogP contribution in [0.3, 0.4) is 0 Å². The highest BCUT2D eigenvalue weighted by molar-refractivity contribution is 7.16. The van der Waals surface area contributed by atoms with Crippen LogP contribution < -0.4 is 4.90 Å². The normalized spacial score (nSPS) is 24.1. The van der Waals surface area contributed by atoms with Crippen LogP contribution in [0.15, 0.2) is 6.07 Å². The van der Waals surface area contributed by atoms with E-state index in [1.54, 1.807) is 21.1 Å². The first-order chi connectivity index (χ1) is 9.47. The Bertz CT molecular complexity index is 478. The van der Waals surface area contributed by atoms with Gasteiger partial charge in [-0.1, -0.05) is 0 Å². The summed E-state index contributed by atoms with van der Waals surface area (Å²) < 4.78 is 10.7. The highest BCUT2D eigenvalue weighted by Gasteiger charge is 2.37. The summed E-state index contributed by atoms with van der Waals surface area (Å²) in [6.07, 6.45) is -0.945. The molecule has 0 aromatic carbocycles. The molecule has 1 aromatic rings. The summed E-state index contributed by atoms with van der Waals surface area (Å²) in [5.74, 6) is 0. The minimum atomic E-state index is -0.716. The number of hydrogen-bond donors (Lipinski definition) is 1. The fourth-order valence-corrected chi connectivity index (χ4v) is 3.40. The lowest BCUT2D eigenvalue weighted by Gasteiger charge is -2.14. The number of hydrogen-bond acceptors (Lipinski definition) is 7. The predicted molar refractivity (Wildman–Crippen MR) is 75.4 cm³/mol. The van der Waals surface area contributed by atoms with Crippen molar-refractivity contribution in [2.75, 3.05) is 32.2 Å². The van der Waals surface area contributed by atoms with Crippen LogP contribution >= 0.6 is 11.3 Å². The molecule has 0 spiro atoms. The van der Waals surface area contributed by atoms with Crippen LogP contribution in [-0.4, -0.2) is 49.5 Å². The average Bonchev–Trinajstić information content (AvgIpc) is 3.01. The van der Waals surface area contributed by atoms with Gasteiger partial charge in [0.05, 0.1) is 11.0 Å². The molecule has 1 saturated heterocycles. The predicted octanol–water partition coefficient (Wildman–Crippen LogP) is 1.56. The van der Waals surface area contributed by atoms with Crippen molar-refractivity contribution in [1.82, 2.24) is 0 Å². The molecule has 0 saturated carbocycles. The molecule has 8 heteroatoms. The zero-order chi connectivity index (χ0) is 14.9. The molecular weight excluding hydrogens is 284 g/mol. The molecule has 20 heavy (non-hydrogen) atoms. The van der Waals surface area contributed by atoms with Gasteiger partial charge in [-0.15, -0.1) is 11.3 Å². The molecule has 3 atom stereocenters. The van der Waals surface area contributed by atoms with Crippen LogP contribution in [0.4, 0.5) is 10.7 Å². The molecule has 7 nitrogen and oxygen atoms in total. The van der Waals surface area contributed by atoms with Crippen molar-refractivity contribution in [3.8, 4) is 0 Å². The van der Waals surface area contributed by atoms with Crippen LogP contribution in [0.25, 0.3) is 0 Å². The van der Waals surface area contributed by atoms with Crippen molar-refractivity contribution in [2.45, 2.75) is 25.2 Å². The maximum atomic E-state index is 11.2. The lowest BCUT2D eigenvalue weighted by Crippen LogP contribution is -2.27. The lowest BCUT2D eigenvalue weighted by molar-refractivity contribution is -0.383. The van der Waals surface area contributed by atoms with Crippen LogP contribution in [0.1, 0.15) is 17.9 Å². The highest BCUT2D eigenvalue weighted by atomic mass is 32.1. The van der Waals surface area contributed by atoms with Gasteiger partial charge in [-0.2, -0.15) is 0 Å². The number of nitro groups is 1. The fourth-order valence-electron chi connectivity index (χ4n) is 2.32. The van der Waals surface area contributed by atoms with Gasteiger partial charge in [-0.05, 0) is 6.92 Å². The van der Waals surface area contributed by atoms with Gasteiger partial charge in [0.25, 0.3) is 0 Å². The maximum absolute atomic E-state index is 11.2. The molecule has 2 rings (SSSR count). The summed E-state index contributed by atoms with van der Waals surface area (Å²) in [6.45, 7) is 2.67. The minimum absolute atomic E-state index is 0.0255. The van der Waals surface area contributed by atoms with E-state index in [1.807, 2.05) is 4.90 Å². The van der Waals surface area contributed by atoms with Crippen molar-refractivity contribution < 1.29 is 19.5 Å². The fraction of sp³-hybridized carbons (Fsp3) is 0.667. The molecule has 3 unspecified atom stereocenters. The van der Waals surface area contributed by atoms with E-state index >= 15 is 0 Å². The minimum Gasteiger partial charge on any atom is -0.388 e. The Morgan fingerprint density at radius 1 is 1.45 bits per heavy atom. The van der Waals surface area contributed by atoms with Crippen LogP contribution in [0.2, 0.25) is 0 Å². The van der Waals surface area contributed by atoms with Gasteiger partial charge in [0.1, 0.15) is 12.2 Å². The van der Waals surface area contributed by atoms with E-state index < -0.39 is 11.0 Å². The van der Waals surface area contributed by atoms with Gasteiger partial charge in [0.15, 0.2) is 5.00 Å². The summed E-state index contributed by atoms with van der Waals surface area (Å²) in [5.41, 5.74) is 0.0255. The largest absolute Gasteiger partial charge is 0.388 e. The van der Waals surface area contributed by atoms with E-state index in [-0.39, 0.29) is 17.9 Å². The summed E-state index contributed by atoms with van der Waals surface area (Å²) in [7, 11) is 3.20. The molecular formula is C12H18N2O5S. The van der Waals surface area contributed by atoms with Gasteiger partial charge >= 0.3 is 5.69 Å². The number of ether oxygens (including phenoxy) is 2. The average molecular weight is 302 g/mol. The van der Waals surface area contributed by atoms with Crippen LogP contribution in [-0.2, 0) is 9.47 Å². The molecule has 1 aliphatic heterocycles. The maximum Gasteiger partial charge on any atom is 0.304 e. The van der Waals surface area contributed by atoms with Crippen molar-refractivity contribution >= 4 is 22.0 Å². The van der Waals surface area contributed by atoms with Gasteiger partial charge in [0, 0.05) is 38.3 Å². The van der Waals surface area contributed by atoms with Crippen LogP contribution in [0, 0.1) is 10.1 Å². The van der Waals surface area contributed by atoms with Gasteiger partial charge in [-0.25, -0.2) is 0 Å². The molecule has 0 aliphatic carbocycles. The van der Waals surface area contributed by atoms with E-state index in [1.165, 1.54) is 17.4 Å². The second-order valence-electron chi connectivity index (χ2n) is 4.73. The van der Waals surface area contributed by atoms with E-state index in [4.69, 9.17) is 9.47 Å². The number of rotatable bonds is 5. The van der Waals surface area contributed by atoms with Crippen LogP contribution in [0.5, 0.6) is 0 Å². The van der Waals surface area contributed by atoms with Gasteiger partial charge in [-0.3, -0.25) is 10.1 Å². The van der Waals surface area contributed by atoms with Gasteiger partial charge < -0.3 is 19.5 Å². The third-order valence-corrected chi connectivity index (χ3v) is 4.78. The first kappa shape index (κ1) is 15.2. The molecule has 2 heterocycles. The third kappa shape index (κ3) is 2.78. The molecule has 0 bridgehead atoms. The second-order valence-corrected chi connectivity index (χ2v) is 5.79. The zero-order valence-electron chi connectivity index (χ0n) is 11.6. The molecule has 1 N–H and O–H groups in total. The number of anilines is 1. The first-order valence-corrected chi connectivity index (χ1v) is 7.06. The summed E-state index contributed by atoms with van der Waals surface area (Å²) in [6, 6.07) is 1.44. The molecule has 112 valence electrons. The number of thiophene rings is 1. The molecule has 0 amide bonds. The zero-order valence-corrected chi connectivity index (χ0v) is 12.4. The lowest BCUT2D eigenvalue weighted by atomic mass is 10.3. The Kier molecular flexibility index (Phi) is 4.59. The highest BCUT2D eigenvalue weighted by Crippen LogP contribution is 2.41. The Hall–Kier alpha value is -1.22. The number of methoxy groups -OCH3 is 2. The van der Waals surface area contributed by atoms with Gasteiger partial charge in [0.2, 0.25) is 0 Å². The molecule has 1 fully saturated rings. The van der Waals surface area contributed by atoms with Crippen molar-refractivity contribution in [3.63, 3.8) is 0 Å². The SMILES string of the molecule is COC1CN(c2sc(C(C)O)cc2[N+](=O)[O-])CC1OC. The summed E-state index contributed by atoms with van der Waals surface area (Å²) >= 11 is 1.24. The van der Waals surface area contributed by atoms with E-state index in [0.29, 0.717) is 23.0 Å². The monoisotopic (exact) mass is 302 g/mol. The topological polar surface area (TPSA) is 85.1 Å². The molecule has 0 radical (unpaired) electrons. The number of aliphatic hydroxyl groups is 1. The Labute approximate surface area is 120 Å². The smallest absolute Gasteiger partial charge is 0.304 e. The van der Waals surface area contributed by atoms with E-state index in [2.05, 4.69) is 0 Å². The number of aliphatic hydroxyl groups excluding tert-OH is 1. The van der Waals surface area contributed by atoms with E-state index in [0.717, 1.165) is 0 Å². The standard InChI is InChI=1S/C12H18N2O5S/c1-7(15)11-4-8(14(16)17)12(20-11)13-5-9(18-2)10(6-13)19-3/h4,7,9-10,15H,5-6H2,1-3H3. The Morgan fingerprint density at radius 2 is 2.00 bits per heavy atom. The Morgan fingerprint density at radius 3 is 2.40 bits per heavy atom. The van der Waals surface area contributed by atoms with Crippen molar-refractivity contribution in [3.05, 3.63) is 21.1 Å². The first-order valence-electron chi connectivity index (χ1n) is 6.24. The second kappa shape index (κ2) is 6.04. The quantitative estimate of drug-likeness (QED) is 0.656. The number of nitrogens with zero attached hydrogens (tertiary/aromatic N) is 2. The third-order valence-electron chi connectivity index (χ3n) is 3.43. The Balaban J connectivity index is 2.30. The van der Waals surface area contributed by atoms with Crippen molar-refractivity contribution in [2.24, 2.45) is 0 Å². The van der Waals surface area contributed by atoms with E-state index in [9.17, 15) is 15.2 Å². The summed E-state index contributed by atoms with van der Waals surface area (Å²) in [5, 5.41) is 21.3. The molecule has 1 aromatic heterocycles. The summed E-state index contributed by atoms with van der Waals surface area (Å²) in [4.78, 5) is 13.2. The van der Waals surface area contributed by atoms with Crippen molar-refractivity contribution in [1.29, 1.82) is 0 Å². The molecule has 1 aliphatic rings.